The number of amides is 3. The zero-order chi connectivity index (χ0) is 25.8. The van der Waals surface area contributed by atoms with E-state index in [0.717, 1.165) is 12.8 Å². The molecule has 1 heterocycles. The summed E-state index contributed by atoms with van der Waals surface area (Å²) in [6.45, 7) is 2.92. The van der Waals surface area contributed by atoms with E-state index in [1.54, 1.807) is 49.6 Å². The van der Waals surface area contributed by atoms with Crippen LogP contribution in [0.3, 0.4) is 0 Å². The van der Waals surface area contributed by atoms with Gasteiger partial charge in [0.1, 0.15) is 5.75 Å². The van der Waals surface area contributed by atoms with Gasteiger partial charge in [-0.3, -0.25) is 14.4 Å². The van der Waals surface area contributed by atoms with E-state index >= 15 is 0 Å². The average Bonchev–Trinajstić information content (AvgIpc) is 3.41. The minimum absolute atomic E-state index is 0.0588. The minimum Gasteiger partial charge on any atom is -0.497 e. The standard InChI is InChI=1S/C25H30N4O7/c1-3-34-22-13-17(14-27-29-25(32)24(31)26-15-20-5-4-12-35-20)6-11-21(22)36-16-23(30)28-18-7-9-19(33-2)10-8-18/h6-11,13-14,20H,3-5,12,15-16H2,1-2H3,(H,26,31)(H,28,30)(H,29,32)/b27-14-/t20-/m0/s1. The second-order valence-electron chi connectivity index (χ2n) is 7.75. The number of nitrogens with one attached hydrogen (secondary N) is 3. The van der Waals surface area contributed by atoms with Crippen LogP contribution in [0.25, 0.3) is 0 Å². The van der Waals surface area contributed by atoms with Crippen molar-refractivity contribution >= 4 is 29.6 Å². The van der Waals surface area contributed by atoms with Crippen LogP contribution in [0.4, 0.5) is 5.69 Å². The van der Waals surface area contributed by atoms with Crippen LogP contribution in [0, 0.1) is 0 Å². The Labute approximate surface area is 209 Å². The average molecular weight is 499 g/mol. The van der Waals surface area contributed by atoms with Gasteiger partial charge in [0.25, 0.3) is 5.91 Å². The first kappa shape index (κ1) is 26.5. The molecule has 11 nitrogen and oxygen atoms in total. The van der Waals surface area contributed by atoms with Crippen molar-refractivity contribution in [3.8, 4) is 17.2 Å². The summed E-state index contributed by atoms with van der Waals surface area (Å²) >= 11 is 0. The molecule has 0 radical (unpaired) electrons. The number of carbonyl (C=O) groups is 3. The smallest absolute Gasteiger partial charge is 0.329 e. The van der Waals surface area contributed by atoms with E-state index in [0.29, 0.717) is 41.7 Å². The van der Waals surface area contributed by atoms with Crippen molar-refractivity contribution in [2.24, 2.45) is 5.10 Å². The summed E-state index contributed by atoms with van der Waals surface area (Å²) in [6, 6.07) is 11.9. The molecule has 2 aromatic rings. The second-order valence-corrected chi connectivity index (χ2v) is 7.75. The summed E-state index contributed by atoms with van der Waals surface area (Å²) in [7, 11) is 1.57. The highest BCUT2D eigenvalue weighted by Crippen LogP contribution is 2.28. The Balaban J connectivity index is 1.50. The third kappa shape index (κ3) is 8.27. The van der Waals surface area contributed by atoms with Crippen LogP contribution < -0.4 is 30.3 Å². The first-order valence-electron chi connectivity index (χ1n) is 11.5. The Bertz CT molecular complexity index is 1070. The topological polar surface area (TPSA) is 137 Å². The number of anilines is 1. The summed E-state index contributed by atoms with van der Waals surface area (Å²) in [5.41, 5.74) is 3.39. The van der Waals surface area contributed by atoms with Crippen LogP contribution in [0.2, 0.25) is 0 Å². The van der Waals surface area contributed by atoms with E-state index in [-0.39, 0.29) is 25.2 Å². The zero-order valence-corrected chi connectivity index (χ0v) is 20.2. The molecule has 3 rings (SSSR count). The Morgan fingerprint density at radius 3 is 2.58 bits per heavy atom. The predicted octanol–water partition coefficient (Wildman–Crippen LogP) is 1.86. The maximum absolute atomic E-state index is 12.2. The van der Waals surface area contributed by atoms with Crippen LogP contribution in [0.1, 0.15) is 25.3 Å². The van der Waals surface area contributed by atoms with Gasteiger partial charge < -0.3 is 29.6 Å². The van der Waals surface area contributed by atoms with Crippen molar-refractivity contribution in [2.45, 2.75) is 25.9 Å². The van der Waals surface area contributed by atoms with Crippen LogP contribution in [0.5, 0.6) is 17.2 Å². The quantitative estimate of drug-likeness (QED) is 0.244. The van der Waals surface area contributed by atoms with Crippen molar-refractivity contribution in [1.29, 1.82) is 0 Å². The monoisotopic (exact) mass is 498 g/mol. The van der Waals surface area contributed by atoms with Crippen LogP contribution in [-0.4, -0.2) is 63.5 Å². The van der Waals surface area contributed by atoms with E-state index < -0.39 is 11.8 Å². The number of benzene rings is 2. The van der Waals surface area contributed by atoms with Crippen molar-refractivity contribution in [1.82, 2.24) is 10.7 Å². The first-order chi connectivity index (χ1) is 17.5. The SMILES string of the molecule is CCOc1cc(/C=N\NC(=O)C(=O)NC[C@@H]2CCCO2)ccc1OCC(=O)Nc1ccc(OC)cc1. The number of hydrazone groups is 1. The molecule has 11 heteroatoms. The maximum Gasteiger partial charge on any atom is 0.329 e. The molecular weight excluding hydrogens is 468 g/mol. The molecule has 192 valence electrons. The lowest BCUT2D eigenvalue weighted by Crippen LogP contribution is -2.41. The van der Waals surface area contributed by atoms with E-state index in [9.17, 15) is 14.4 Å². The molecule has 3 N–H and O–H groups in total. The predicted molar refractivity (Wildman–Crippen MR) is 132 cm³/mol. The fourth-order valence-corrected chi connectivity index (χ4v) is 3.32. The molecule has 1 aliphatic rings. The Morgan fingerprint density at radius 2 is 1.89 bits per heavy atom. The first-order valence-corrected chi connectivity index (χ1v) is 11.5. The van der Waals surface area contributed by atoms with Gasteiger partial charge in [0, 0.05) is 18.8 Å². The lowest BCUT2D eigenvalue weighted by atomic mass is 10.2. The van der Waals surface area contributed by atoms with Gasteiger partial charge in [-0.2, -0.15) is 5.10 Å². The largest absolute Gasteiger partial charge is 0.497 e. The molecule has 0 aromatic heterocycles. The Kier molecular flexibility index (Phi) is 10.1. The molecule has 0 saturated carbocycles. The maximum atomic E-state index is 12.2. The van der Waals surface area contributed by atoms with Gasteiger partial charge >= 0.3 is 11.8 Å². The molecule has 0 aliphatic carbocycles. The highest BCUT2D eigenvalue weighted by molar-refractivity contribution is 6.35. The molecule has 0 spiro atoms. The van der Waals surface area contributed by atoms with Gasteiger partial charge in [-0.05, 0) is 67.8 Å². The van der Waals surface area contributed by atoms with Crippen molar-refractivity contribution in [3.05, 3.63) is 48.0 Å². The summed E-state index contributed by atoms with van der Waals surface area (Å²) in [5, 5.41) is 9.08. The van der Waals surface area contributed by atoms with E-state index in [4.69, 9.17) is 18.9 Å². The fraction of sp³-hybridized carbons (Fsp3) is 0.360. The molecule has 36 heavy (non-hydrogen) atoms. The van der Waals surface area contributed by atoms with Crippen LogP contribution >= 0.6 is 0 Å². The van der Waals surface area contributed by atoms with Gasteiger partial charge in [0.05, 0.1) is 26.0 Å². The molecule has 1 atom stereocenters. The number of ether oxygens (including phenoxy) is 4. The number of rotatable bonds is 11. The molecular formula is C25H30N4O7. The molecule has 3 amide bonds. The molecule has 1 saturated heterocycles. The highest BCUT2D eigenvalue weighted by atomic mass is 16.5. The number of carbonyl (C=O) groups excluding carboxylic acids is 3. The van der Waals surface area contributed by atoms with Gasteiger partial charge in [-0.1, -0.05) is 0 Å². The van der Waals surface area contributed by atoms with Crippen LogP contribution in [0.15, 0.2) is 47.6 Å². The van der Waals surface area contributed by atoms with E-state index in [1.807, 2.05) is 6.92 Å². The minimum atomic E-state index is -0.878. The molecule has 1 aliphatic heterocycles. The van der Waals surface area contributed by atoms with Crippen LogP contribution in [-0.2, 0) is 19.1 Å². The molecule has 0 unspecified atom stereocenters. The summed E-state index contributed by atoms with van der Waals surface area (Å²) in [4.78, 5) is 36.0. The normalized spacial score (nSPS) is 14.8. The van der Waals surface area contributed by atoms with Gasteiger partial charge in [-0.25, -0.2) is 5.43 Å². The Morgan fingerprint density at radius 1 is 1.08 bits per heavy atom. The number of hydrogen-bond donors (Lipinski definition) is 3. The molecule has 1 fully saturated rings. The highest BCUT2D eigenvalue weighted by Gasteiger charge is 2.19. The van der Waals surface area contributed by atoms with Gasteiger partial charge in [0.15, 0.2) is 18.1 Å². The van der Waals surface area contributed by atoms with E-state index in [1.165, 1.54) is 6.21 Å². The molecule has 0 bridgehead atoms. The Hall–Kier alpha value is -4.12. The van der Waals surface area contributed by atoms with Gasteiger partial charge in [-0.15, -0.1) is 0 Å². The number of nitrogens with zero attached hydrogens (tertiary/aromatic N) is 1. The lowest BCUT2D eigenvalue weighted by molar-refractivity contribution is -0.139. The van der Waals surface area contributed by atoms with Crippen molar-refractivity contribution < 1.29 is 33.3 Å². The zero-order valence-electron chi connectivity index (χ0n) is 20.2. The lowest BCUT2D eigenvalue weighted by Gasteiger charge is -2.13. The van der Waals surface area contributed by atoms with Crippen molar-refractivity contribution in [3.63, 3.8) is 0 Å². The third-order valence-corrected chi connectivity index (χ3v) is 5.10. The number of hydrogen-bond acceptors (Lipinski definition) is 8. The second kappa shape index (κ2) is 13.7. The third-order valence-electron chi connectivity index (χ3n) is 5.10. The van der Waals surface area contributed by atoms with Gasteiger partial charge in [0.2, 0.25) is 0 Å². The summed E-state index contributed by atoms with van der Waals surface area (Å²) in [6.07, 6.45) is 3.11. The van der Waals surface area contributed by atoms with Crippen molar-refractivity contribution in [2.75, 3.05) is 38.8 Å². The summed E-state index contributed by atoms with van der Waals surface area (Å²) < 4.78 is 21.7. The fourth-order valence-electron chi connectivity index (χ4n) is 3.32. The van der Waals surface area contributed by atoms with E-state index in [2.05, 4.69) is 21.2 Å². The molecule has 2 aromatic carbocycles. The number of methoxy groups -OCH3 is 1. The summed E-state index contributed by atoms with van der Waals surface area (Å²) in [5.74, 6) is -0.539.